The Bertz CT molecular complexity index is 716. The minimum Gasteiger partial charge on any atom is -0.366 e. The van der Waals surface area contributed by atoms with E-state index in [-0.39, 0.29) is 11.3 Å². The molecule has 114 valence electrons. The highest BCUT2D eigenvalue weighted by molar-refractivity contribution is 5.96. The van der Waals surface area contributed by atoms with Crippen molar-refractivity contribution in [3.05, 3.63) is 65.0 Å². The topological polar surface area (TPSA) is 84.2 Å². The van der Waals surface area contributed by atoms with Crippen molar-refractivity contribution in [2.24, 2.45) is 5.73 Å². The molecule has 0 aliphatic heterocycles. The van der Waals surface area contributed by atoms with E-state index in [2.05, 4.69) is 10.6 Å². The molecule has 0 saturated heterocycles. The Hall–Kier alpha value is -2.89. The summed E-state index contributed by atoms with van der Waals surface area (Å²) >= 11 is 0. The molecular weight excluding hydrogens is 285 g/mol. The van der Waals surface area contributed by atoms with Gasteiger partial charge in [-0.25, -0.2) is 9.18 Å². The average Bonchev–Trinajstić information content (AvgIpc) is 2.48. The fourth-order valence-corrected chi connectivity index (χ4v) is 1.95. The molecule has 2 aromatic carbocycles. The lowest BCUT2D eigenvalue weighted by Gasteiger charge is -2.10. The number of nitrogens with two attached hydrogens (primary N) is 1. The zero-order chi connectivity index (χ0) is 16.1. The van der Waals surface area contributed by atoms with Crippen molar-refractivity contribution in [3.63, 3.8) is 0 Å². The molecule has 0 spiro atoms. The predicted octanol–water partition coefficient (Wildman–Crippen LogP) is 2.55. The van der Waals surface area contributed by atoms with Gasteiger partial charge in [0.15, 0.2) is 0 Å². The Labute approximate surface area is 127 Å². The van der Waals surface area contributed by atoms with Crippen LogP contribution in [0.15, 0.2) is 42.5 Å². The van der Waals surface area contributed by atoms with Gasteiger partial charge in [0.2, 0.25) is 0 Å². The molecule has 3 amide bonds. The number of primary amides is 1. The highest BCUT2D eigenvalue weighted by atomic mass is 19.1. The number of urea groups is 1. The second-order valence-electron chi connectivity index (χ2n) is 4.79. The number of amides is 3. The van der Waals surface area contributed by atoms with Crippen LogP contribution >= 0.6 is 0 Å². The highest BCUT2D eigenvalue weighted by Crippen LogP contribution is 2.14. The third kappa shape index (κ3) is 3.82. The molecule has 5 nitrogen and oxygen atoms in total. The first-order valence-corrected chi connectivity index (χ1v) is 6.66. The molecule has 0 fully saturated rings. The van der Waals surface area contributed by atoms with E-state index in [0.29, 0.717) is 6.54 Å². The van der Waals surface area contributed by atoms with Gasteiger partial charge in [-0.05, 0) is 36.2 Å². The lowest BCUT2D eigenvalue weighted by Crippen LogP contribution is -2.28. The number of hydrogen-bond donors (Lipinski definition) is 3. The maximum absolute atomic E-state index is 13.3. The number of carbonyl (C=O) groups excluding carboxylic acids is 2. The highest BCUT2D eigenvalue weighted by Gasteiger charge is 2.10. The molecule has 0 aliphatic carbocycles. The summed E-state index contributed by atoms with van der Waals surface area (Å²) in [7, 11) is 0. The summed E-state index contributed by atoms with van der Waals surface area (Å²) in [4.78, 5) is 22.9. The minimum absolute atomic E-state index is 0.267. The van der Waals surface area contributed by atoms with Crippen LogP contribution in [0.25, 0.3) is 0 Å². The second kappa shape index (κ2) is 6.71. The molecule has 4 N–H and O–H groups in total. The van der Waals surface area contributed by atoms with Crippen molar-refractivity contribution in [2.75, 3.05) is 5.32 Å². The van der Waals surface area contributed by atoms with Gasteiger partial charge >= 0.3 is 6.03 Å². The molecule has 0 aromatic heterocycles. The Balaban J connectivity index is 1.99. The van der Waals surface area contributed by atoms with Crippen LogP contribution in [0.2, 0.25) is 0 Å². The number of benzene rings is 2. The third-order valence-electron chi connectivity index (χ3n) is 3.19. The van der Waals surface area contributed by atoms with E-state index in [4.69, 9.17) is 5.73 Å². The normalized spacial score (nSPS) is 10.1. The standard InChI is InChI=1S/C16H16FN3O2/c1-10-4-2-3-5-11(10)9-19-16(22)20-12-6-7-14(17)13(8-12)15(18)21/h2-8H,9H2,1H3,(H2,18,21)(H2,19,20,22). The van der Waals surface area contributed by atoms with Crippen LogP contribution in [0.1, 0.15) is 21.5 Å². The van der Waals surface area contributed by atoms with Crippen LogP contribution in [-0.4, -0.2) is 11.9 Å². The summed E-state index contributed by atoms with van der Waals surface area (Å²) in [5, 5.41) is 5.22. The third-order valence-corrected chi connectivity index (χ3v) is 3.19. The van der Waals surface area contributed by atoms with Crippen LogP contribution in [0.4, 0.5) is 14.9 Å². The van der Waals surface area contributed by atoms with Gasteiger partial charge in [-0.3, -0.25) is 4.79 Å². The van der Waals surface area contributed by atoms with E-state index in [1.807, 2.05) is 31.2 Å². The summed E-state index contributed by atoms with van der Waals surface area (Å²) in [5.41, 5.74) is 7.15. The summed E-state index contributed by atoms with van der Waals surface area (Å²) < 4.78 is 13.3. The fourth-order valence-electron chi connectivity index (χ4n) is 1.95. The van der Waals surface area contributed by atoms with E-state index in [0.717, 1.165) is 17.2 Å². The molecule has 22 heavy (non-hydrogen) atoms. The van der Waals surface area contributed by atoms with E-state index in [1.165, 1.54) is 12.1 Å². The number of aryl methyl sites for hydroxylation is 1. The summed E-state index contributed by atoms with van der Waals surface area (Å²) in [6.07, 6.45) is 0. The molecule has 0 heterocycles. The smallest absolute Gasteiger partial charge is 0.319 e. The molecule has 0 bridgehead atoms. The first-order valence-electron chi connectivity index (χ1n) is 6.66. The van der Waals surface area contributed by atoms with Gasteiger partial charge < -0.3 is 16.4 Å². The first-order chi connectivity index (χ1) is 10.5. The van der Waals surface area contributed by atoms with Gasteiger partial charge in [0.25, 0.3) is 5.91 Å². The van der Waals surface area contributed by atoms with Crippen LogP contribution in [0.5, 0.6) is 0 Å². The van der Waals surface area contributed by atoms with Crippen LogP contribution < -0.4 is 16.4 Å². The van der Waals surface area contributed by atoms with Crippen LogP contribution in [-0.2, 0) is 6.54 Å². The van der Waals surface area contributed by atoms with E-state index < -0.39 is 17.8 Å². The Kier molecular flexibility index (Phi) is 4.73. The Morgan fingerprint density at radius 2 is 1.91 bits per heavy atom. The van der Waals surface area contributed by atoms with Gasteiger partial charge in [0.05, 0.1) is 5.56 Å². The molecule has 0 unspecified atom stereocenters. The quantitative estimate of drug-likeness (QED) is 0.811. The van der Waals surface area contributed by atoms with E-state index >= 15 is 0 Å². The van der Waals surface area contributed by atoms with Gasteiger partial charge in [0.1, 0.15) is 5.82 Å². The maximum atomic E-state index is 13.3. The zero-order valence-electron chi connectivity index (χ0n) is 12.0. The van der Waals surface area contributed by atoms with Gasteiger partial charge in [-0.15, -0.1) is 0 Å². The van der Waals surface area contributed by atoms with Crippen molar-refractivity contribution >= 4 is 17.6 Å². The van der Waals surface area contributed by atoms with Crippen molar-refractivity contribution in [2.45, 2.75) is 13.5 Å². The van der Waals surface area contributed by atoms with Gasteiger partial charge in [-0.2, -0.15) is 0 Å². The van der Waals surface area contributed by atoms with Gasteiger partial charge in [0, 0.05) is 12.2 Å². The SMILES string of the molecule is Cc1ccccc1CNC(=O)Nc1ccc(F)c(C(N)=O)c1. The molecule has 0 atom stereocenters. The number of anilines is 1. The number of rotatable bonds is 4. The minimum atomic E-state index is -0.888. The molecule has 0 radical (unpaired) electrons. The van der Waals surface area contributed by atoms with Crippen molar-refractivity contribution in [1.29, 1.82) is 0 Å². The molecule has 2 aromatic rings. The summed E-state index contributed by atoms with van der Waals surface area (Å²) in [5.74, 6) is -1.61. The van der Waals surface area contributed by atoms with E-state index in [9.17, 15) is 14.0 Å². The Morgan fingerprint density at radius 1 is 1.18 bits per heavy atom. The molecule has 2 rings (SSSR count). The average molecular weight is 301 g/mol. The number of nitrogens with one attached hydrogen (secondary N) is 2. The number of hydrogen-bond acceptors (Lipinski definition) is 2. The van der Waals surface area contributed by atoms with Gasteiger partial charge in [-0.1, -0.05) is 24.3 Å². The number of halogens is 1. The molecular formula is C16H16FN3O2. The molecule has 6 heteroatoms. The zero-order valence-corrected chi connectivity index (χ0v) is 12.0. The maximum Gasteiger partial charge on any atom is 0.319 e. The lowest BCUT2D eigenvalue weighted by molar-refractivity contribution is 0.0996. The van der Waals surface area contributed by atoms with Crippen LogP contribution in [0.3, 0.4) is 0 Å². The van der Waals surface area contributed by atoms with Crippen LogP contribution in [0, 0.1) is 12.7 Å². The summed E-state index contributed by atoms with van der Waals surface area (Å²) in [6, 6.07) is 10.9. The van der Waals surface area contributed by atoms with Crippen molar-refractivity contribution in [3.8, 4) is 0 Å². The summed E-state index contributed by atoms with van der Waals surface area (Å²) in [6.45, 7) is 2.32. The van der Waals surface area contributed by atoms with Crippen molar-refractivity contribution < 1.29 is 14.0 Å². The Morgan fingerprint density at radius 3 is 2.59 bits per heavy atom. The fraction of sp³-hybridized carbons (Fsp3) is 0.125. The monoisotopic (exact) mass is 301 g/mol. The lowest BCUT2D eigenvalue weighted by atomic mass is 10.1. The van der Waals surface area contributed by atoms with E-state index in [1.54, 1.807) is 0 Å². The van der Waals surface area contributed by atoms with Crippen molar-refractivity contribution in [1.82, 2.24) is 5.32 Å². The molecule has 0 aliphatic rings. The largest absolute Gasteiger partial charge is 0.366 e. The second-order valence-corrected chi connectivity index (χ2v) is 4.79. The number of carbonyl (C=O) groups is 2. The predicted molar refractivity (Wildman–Crippen MR) is 82.0 cm³/mol. The molecule has 0 saturated carbocycles. The first kappa shape index (κ1) is 15.5.